The van der Waals surface area contributed by atoms with Crippen LogP contribution in [-0.2, 0) is 4.79 Å². The molecule has 1 heterocycles. The van der Waals surface area contributed by atoms with Crippen molar-refractivity contribution < 1.29 is 19.1 Å². The number of nitrogens with zero attached hydrogens (tertiary/aromatic N) is 1. The number of hydrogen-bond acceptors (Lipinski definition) is 6. The van der Waals surface area contributed by atoms with Crippen LogP contribution in [0, 0.1) is 0 Å². The van der Waals surface area contributed by atoms with Gasteiger partial charge in [-0.1, -0.05) is 43.1 Å². The minimum Gasteiger partial charge on any atom is -0.493 e. The molecule has 0 saturated heterocycles. The first-order valence-electron chi connectivity index (χ1n) is 10.5. The van der Waals surface area contributed by atoms with Crippen molar-refractivity contribution in [2.75, 3.05) is 20.8 Å². The van der Waals surface area contributed by atoms with Crippen molar-refractivity contribution in [1.82, 2.24) is 10.7 Å². The molecule has 174 valence electrons. The maximum Gasteiger partial charge on any atom is 0.259 e. The molecule has 0 spiro atoms. The van der Waals surface area contributed by atoms with E-state index < -0.39 is 11.8 Å². The number of ether oxygens (including phenoxy) is 2. The van der Waals surface area contributed by atoms with Gasteiger partial charge in [0.2, 0.25) is 0 Å². The van der Waals surface area contributed by atoms with Crippen LogP contribution in [0.1, 0.15) is 42.1 Å². The van der Waals surface area contributed by atoms with Gasteiger partial charge in [-0.25, -0.2) is 5.43 Å². The molecule has 0 aliphatic heterocycles. The number of carbonyl (C=O) groups excluding carboxylic acids is 2. The number of nitrogens with one attached hydrogen (secondary N) is 2. The van der Waals surface area contributed by atoms with E-state index in [0.717, 1.165) is 35.9 Å². The molecule has 0 fully saturated rings. The van der Waals surface area contributed by atoms with Crippen molar-refractivity contribution in [3.8, 4) is 11.5 Å². The van der Waals surface area contributed by atoms with E-state index in [1.807, 2.05) is 12.1 Å². The van der Waals surface area contributed by atoms with Gasteiger partial charge in [0, 0.05) is 27.1 Å². The lowest BCUT2D eigenvalue weighted by atomic mass is 10.0. The highest BCUT2D eigenvalue weighted by Crippen LogP contribution is 2.33. The first kappa shape index (κ1) is 24.5. The average molecular weight is 488 g/mol. The molecule has 9 heteroatoms. The molecule has 2 N–H and O–H groups in total. The van der Waals surface area contributed by atoms with Crippen LogP contribution in [0.3, 0.4) is 0 Å². The Morgan fingerprint density at radius 3 is 2.55 bits per heavy atom. The number of fused-ring (bicyclic) bond motifs is 1. The molecule has 0 aliphatic carbocycles. The smallest absolute Gasteiger partial charge is 0.259 e. The number of thiophene rings is 1. The molecule has 0 radical (unpaired) electrons. The standard InChI is InChI=1S/C24H26ClN3O4S/c1-4-5-9-19(17-14-33-22-10-7-6-8-15(17)22)27-28-23(29)13-26-24(30)16-11-20(31-2)21(32-3)12-18(16)25/h6-8,10-12,14H,4-5,9,13H2,1-3H3,(H,26,30)(H,28,29)/b27-19+. The third-order valence-electron chi connectivity index (χ3n) is 5.00. The Morgan fingerprint density at radius 2 is 1.82 bits per heavy atom. The fourth-order valence-corrected chi connectivity index (χ4v) is 4.46. The average Bonchev–Trinajstić information content (AvgIpc) is 3.26. The number of rotatable bonds is 10. The Hall–Kier alpha value is -3.10. The summed E-state index contributed by atoms with van der Waals surface area (Å²) in [6.45, 7) is 1.86. The zero-order valence-corrected chi connectivity index (χ0v) is 20.3. The van der Waals surface area contributed by atoms with Gasteiger partial charge in [-0.2, -0.15) is 5.10 Å². The van der Waals surface area contributed by atoms with Crippen LogP contribution in [0.15, 0.2) is 46.9 Å². The molecule has 0 bridgehead atoms. The van der Waals surface area contributed by atoms with Crippen molar-refractivity contribution in [2.45, 2.75) is 26.2 Å². The maximum absolute atomic E-state index is 12.5. The van der Waals surface area contributed by atoms with Crippen molar-refractivity contribution in [1.29, 1.82) is 0 Å². The second-order valence-electron chi connectivity index (χ2n) is 7.21. The summed E-state index contributed by atoms with van der Waals surface area (Å²) in [7, 11) is 2.94. The Kier molecular flexibility index (Phi) is 8.68. The Bertz CT molecular complexity index is 1180. The summed E-state index contributed by atoms with van der Waals surface area (Å²) < 4.78 is 11.5. The summed E-state index contributed by atoms with van der Waals surface area (Å²) in [6, 6.07) is 11.1. The van der Waals surface area contributed by atoms with Crippen molar-refractivity contribution in [2.24, 2.45) is 5.10 Å². The second kappa shape index (κ2) is 11.7. The fraction of sp³-hybridized carbons (Fsp3) is 0.292. The normalized spacial score (nSPS) is 11.3. The SMILES string of the molecule is CCCC/C(=N\NC(=O)CNC(=O)c1cc(OC)c(OC)cc1Cl)c1csc2ccccc12. The van der Waals surface area contributed by atoms with Crippen LogP contribution >= 0.6 is 22.9 Å². The molecule has 3 rings (SSSR count). The summed E-state index contributed by atoms with van der Waals surface area (Å²) in [6.07, 6.45) is 2.70. The van der Waals surface area contributed by atoms with E-state index >= 15 is 0 Å². The van der Waals surface area contributed by atoms with E-state index in [0.29, 0.717) is 11.5 Å². The van der Waals surface area contributed by atoms with Gasteiger partial charge in [-0.15, -0.1) is 11.3 Å². The fourth-order valence-electron chi connectivity index (χ4n) is 3.25. The third-order valence-corrected chi connectivity index (χ3v) is 6.28. The molecule has 0 unspecified atom stereocenters. The van der Waals surface area contributed by atoms with Crippen molar-refractivity contribution >= 4 is 50.5 Å². The van der Waals surface area contributed by atoms with E-state index in [9.17, 15) is 9.59 Å². The topological polar surface area (TPSA) is 89.0 Å². The molecule has 0 atom stereocenters. The Morgan fingerprint density at radius 1 is 1.09 bits per heavy atom. The Labute approximate surface area is 201 Å². The molecular weight excluding hydrogens is 462 g/mol. The van der Waals surface area contributed by atoms with E-state index in [4.69, 9.17) is 21.1 Å². The molecule has 3 aromatic rings. The van der Waals surface area contributed by atoms with Crippen LogP contribution in [0.4, 0.5) is 0 Å². The van der Waals surface area contributed by atoms with Gasteiger partial charge in [0.25, 0.3) is 11.8 Å². The molecule has 0 saturated carbocycles. The molecule has 7 nitrogen and oxygen atoms in total. The van der Waals surface area contributed by atoms with Crippen molar-refractivity contribution in [3.05, 3.63) is 57.9 Å². The van der Waals surface area contributed by atoms with Gasteiger partial charge in [0.15, 0.2) is 11.5 Å². The van der Waals surface area contributed by atoms with Crippen LogP contribution in [0.2, 0.25) is 5.02 Å². The highest BCUT2D eigenvalue weighted by molar-refractivity contribution is 7.17. The molecule has 2 amide bonds. The molecule has 33 heavy (non-hydrogen) atoms. The number of amides is 2. The lowest BCUT2D eigenvalue weighted by molar-refractivity contribution is -0.120. The summed E-state index contributed by atoms with van der Waals surface area (Å²) in [5, 5.41) is 10.3. The first-order valence-corrected chi connectivity index (χ1v) is 11.8. The summed E-state index contributed by atoms with van der Waals surface area (Å²) >= 11 is 7.83. The van der Waals surface area contributed by atoms with E-state index in [1.54, 1.807) is 11.3 Å². The van der Waals surface area contributed by atoms with Gasteiger partial charge in [-0.05, 0) is 25.0 Å². The number of hydrogen-bond donors (Lipinski definition) is 2. The lowest BCUT2D eigenvalue weighted by Crippen LogP contribution is -2.35. The number of halogens is 1. The molecular formula is C24H26ClN3O4S. The van der Waals surface area contributed by atoms with Gasteiger partial charge in [0.1, 0.15) is 0 Å². The summed E-state index contributed by atoms with van der Waals surface area (Å²) in [4.78, 5) is 24.9. The van der Waals surface area contributed by atoms with Crippen LogP contribution < -0.4 is 20.2 Å². The summed E-state index contributed by atoms with van der Waals surface area (Å²) in [5.74, 6) is -0.167. The quantitative estimate of drug-likeness (QED) is 0.310. The number of carbonyl (C=O) groups is 2. The number of methoxy groups -OCH3 is 2. The second-order valence-corrected chi connectivity index (χ2v) is 8.53. The minimum atomic E-state index is -0.505. The minimum absolute atomic E-state index is 0.180. The predicted octanol–water partition coefficient (Wildman–Crippen LogP) is 5.01. The Balaban J connectivity index is 1.68. The van der Waals surface area contributed by atoms with Gasteiger partial charge >= 0.3 is 0 Å². The number of unbranched alkanes of at least 4 members (excludes halogenated alkanes) is 1. The number of hydrazone groups is 1. The van der Waals surface area contributed by atoms with E-state index in [1.165, 1.54) is 31.1 Å². The highest BCUT2D eigenvalue weighted by Gasteiger charge is 2.17. The zero-order valence-electron chi connectivity index (χ0n) is 18.7. The predicted molar refractivity (Wildman–Crippen MR) is 133 cm³/mol. The van der Waals surface area contributed by atoms with Gasteiger partial charge < -0.3 is 14.8 Å². The third kappa shape index (κ3) is 6.03. The maximum atomic E-state index is 12.5. The number of benzene rings is 2. The monoisotopic (exact) mass is 487 g/mol. The van der Waals surface area contributed by atoms with Gasteiger partial charge in [-0.3, -0.25) is 9.59 Å². The van der Waals surface area contributed by atoms with Crippen LogP contribution in [0.25, 0.3) is 10.1 Å². The largest absolute Gasteiger partial charge is 0.493 e. The van der Waals surface area contributed by atoms with Crippen LogP contribution in [0.5, 0.6) is 11.5 Å². The highest BCUT2D eigenvalue weighted by atomic mass is 35.5. The molecule has 0 aliphatic rings. The lowest BCUT2D eigenvalue weighted by Gasteiger charge is -2.12. The van der Waals surface area contributed by atoms with Crippen molar-refractivity contribution in [3.63, 3.8) is 0 Å². The van der Waals surface area contributed by atoms with E-state index in [2.05, 4.69) is 40.3 Å². The zero-order chi connectivity index (χ0) is 23.8. The molecule has 1 aromatic heterocycles. The summed E-state index contributed by atoms with van der Waals surface area (Å²) in [5.41, 5.74) is 4.58. The van der Waals surface area contributed by atoms with Crippen LogP contribution in [-0.4, -0.2) is 38.3 Å². The van der Waals surface area contributed by atoms with Gasteiger partial charge in [0.05, 0.1) is 37.1 Å². The van der Waals surface area contributed by atoms with E-state index in [-0.39, 0.29) is 17.1 Å². The molecule has 2 aromatic carbocycles. The first-order chi connectivity index (χ1) is 16.0.